The highest BCUT2D eigenvalue weighted by atomic mass is 32.2. The normalized spacial score (nSPS) is 16.2. The van der Waals surface area contributed by atoms with Crippen molar-refractivity contribution in [2.75, 3.05) is 38.3 Å². The molecule has 36 heavy (non-hydrogen) atoms. The summed E-state index contributed by atoms with van der Waals surface area (Å²) >= 11 is 0. The number of nitrogens with zero attached hydrogens (tertiary/aromatic N) is 4. The standard InChI is InChI=1S/C23H26F3N5O4S/c1-3-29(2)36(33,34)28-23(32)18-14-27-31-9-6-16(13-21(18)31)30-8-4-5-20(30)17-11-15(25)12-19(26)22(17)35-10-7-24/h6,9,11-14,20H,3-5,7-8,10H2,1-2H3,(H,28,32). The largest absolute Gasteiger partial charge is 0.487 e. The van der Waals surface area contributed by atoms with Gasteiger partial charge in [-0.05, 0) is 31.0 Å². The summed E-state index contributed by atoms with van der Waals surface area (Å²) in [5.74, 6) is -2.71. The predicted octanol–water partition coefficient (Wildman–Crippen LogP) is 3.23. The summed E-state index contributed by atoms with van der Waals surface area (Å²) < 4.78 is 75.7. The predicted molar refractivity (Wildman–Crippen MR) is 127 cm³/mol. The number of alkyl halides is 1. The van der Waals surface area contributed by atoms with Gasteiger partial charge in [0.05, 0.1) is 23.3 Å². The van der Waals surface area contributed by atoms with Crippen molar-refractivity contribution in [3.05, 3.63) is 59.4 Å². The number of pyridine rings is 1. The molecule has 9 nitrogen and oxygen atoms in total. The van der Waals surface area contributed by atoms with E-state index < -0.39 is 40.5 Å². The molecule has 0 saturated carbocycles. The lowest BCUT2D eigenvalue weighted by molar-refractivity contribution is 0.0981. The van der Waals surface area contributed by atoms with Crippen LogP contribution in [0, 0.1) is 11.6 Å². The Balaban J connectivity index is 1.69. The lowest BCUT2D eigenvalue weighted by Gasteiger charge is -2.29. The third kappa shape index (κ3) is 4.98. The summed E-state index contributed by atoms with van der Waals surface area (Å²) in [4.78, 5) is 14.7. The monoisotopic (exact) mass is 525 g/mol. The van der Waals surface area contributed by atoms with Crippen LogP contribution in [-0.2, 0) is 10.2 Å². The van der Waals surface area contributed by atoms with Crippen molar-refractivity contribution in [3.8, 4) is 5.75 Å². The maximum Gasteiger partial charge on any atom is 0.303 e. The molecule has 1 atom stereocenters. The SMILES string of the molecule is CCN(C)S(=O)(=O)NC(=O)c1cnn2ccc(N3CCCC3c3cc(F)cc(F)c3OCCF)cc12. The van der Waals surface area contributed by atoms with Gasteiger partial charge in [-0.25, -0.2) is 22.4 Å². The van der Waals surface area contributed by atoms with E-state index >= 15 is 0 Å². The zero-order chi connectivity index (χ0) is 26.0. The molecule has 0 spiro atoms. The molecule has 4 rings (SSSR count). The van der Waals surface area contributed by atoms with Gasteiger partial charge in [0, 0.05) is 43.7 Å². The van der Waals surface area contributed by atoms with Crippen molar-refractivity contribution in [3.63, 3.8) is 0 Å². The van der Waals surface area contributed by atoms with Crippen LogP contribution in [0.3, 0.4) is 0 Å². The molecule has 1 aliphatic rings. The lowest BCUT2D eigenvalue weighted by Crippen LogP contribution is -2.41. The van der Waals surface area contributed by atoms with Gasteiger partial charge in [-0.15, -0.1) is 0 Å². The second kappa shape index (κ2) is 10.3. The Kier molecular flexibility index (Phi) is 7.41. The molecule has 3 aromatic rings. The number of hydrogen-bond donors (Lipinski definition) is 1. The molecule has 0 bridgehead atoms. The molecule has 1 unspecified atom stereocenters. The molecule has 1 N–H and O–H groups in total. The van der Waals surface area contributed by atoms with Crippen molar-refractivity contribution in [1.29, 1.82) is 0 Å². The number of carbonyl (C=O) groups excluding carboxylic acids is 1. The van der Waals surface area contributed by atoms with Crippen molar-refractivity contribution >= 4 is 27.3 Å². The minimum absolute atomic E-state index is 0.0458. The minimum atomic E-state index is -4.02. The Morgan fingerprint density at radius 2 is 2.08 bits per heavy atom. The van der Waals surface area contributed by atoms with Crippen LogP contribution in [0.25, 0.3) is 5.52 Å². The second-order valence-electron chi connectivity index (χ2n) is 8.32. The highest BCUT2D eigenvalue weighted by molar-refractivity contribution is 7.87. The fourth-order valence-electron chi connectivity index (χ4n) is 4.26. The van der Waals surface area contributed by atoms with E-state index in [9.17, 15) is 26.4 Å². The number of ether oxygens (including phenoxy) is 1. The molecule has 194 valence electrons. The van der Waals surface area contributed by atoms with E-state index in [-0.39, 0.29) is 30.0 Å². The Morgan fingerprint density at radius 3 is 2.81 bits per heavy atom. The maximum atomic E-state index is 14.5. The minimum Gasteiger partial charge on any atom is -0.487 e. The molecule has 2 aromatic heterocycles. The molecule has 13 heteroatoms. The first kappa shape index (κ1) is 25.8. The second-order valence-corrected chi connectivity index (χ2v) is 10.1. The van der Waals surface area contributed by atoms with E-state index in [0.29, 0.717) is 36.7 Å². The Bertz CT molecular complexity index is 1380. The van der Waals surface area contributed by atoms with Crippen LogP contribution >= 0.6 is 0 Å². The number of carbonyl (C=O) groups is 1. The number of anilines is 1. The summed E-state index contributed by atoms with van der Waals surface area (Å²) in [5.41, 5.74) is 1.29. The third-order valence-electron chi connectivity index (χ3n) is 6.13. The van der Waals surface area contributed by atoms with Crippen molar-refractivity contribution in [2.24, 2.45) is 0 Å². The van der Waals surface area contributed by atoms with Crippen molar-refractivity contribution in [1.82, 2.24) is 18.6 Å². The van der Waals surface area contributed by atoms with Crippen LogP contribution < -0.4 is 14.4 Å². The van der Waals surface area contributed by atoms with Gasteiger partial charge in [-0.1, -0.05) is 6.92 Å². The summed E-state index contributed by atoms with van der Waals surface area (Å²) in [5, 5.41) is 4.12. The van der Waals surface area contributed by atoms with Crippen LogP contribution in [0.2, 0.25) is 0 Å². The molecule has 1 amide bonds. The van der Waals surface area contributed by atoms with Gasteiger partial charge in [-0.3, -0.25) is 4.79 Å². The average molecular weight is 526 g/mol. The third-order valence-corrected chi connectivity index (χ3v) is 7.65. The zero-order valence-corrected chi connectivity index (χ0v) is 20.6. The molecular weight excluding hydrogens is 499 g/mol. The lowest BCUT2D eigenvalue weighted by atomic mass is 10.0. The molecule has 0 radical (unpaired) electrons. The maximum absolute atomic E-state index is 14.5. The van der Waals surface area contributed by atoms with Crippen LogP contribution in [0.4, 0.5) is 18.9 Å². The quantitative estimate of drug-likeness (QED) is 0.461. The molecule has 1 aliphatic heterocycles. The van der Waals surface area contributed by atoms with Crippen molar-refractivity contribution in [2.45, 2.75) is 25.8 Å². The molecular formula is C23H26F3N5O4S. The van der Waals surface area contributed by atoms with Gasteiger partial charge in [0.15, 0.2) is 11.6 Å². The zero-order valence-electron chi connectivity index (χ0n) is 19.7. The number of halogens is 3. The summed E-state index contributed by atoms with van der Waals surface area (Å²) in [6.07, 6.45) is 4.15. The average Bonchev–Trinajstić information content (AvgIpc) is 3.49. The van der Waals surface area contributed by atoms with Gasteiger partial charge in [0.2, 0.25) is 0 Å². The summed E-state index contributed by atoms with van der Waals surface area (Å²) in [6, 6.07) is 4.81. The van der Waals surface area contributed by atoms with Gasteiger partial charge < -0.3 is 9.64 Å². The van der Waals surface area contributed by atoms with Gasteiger partial charge >= 0.3 is 10.2 Å². The number of aromatic nitrogens is 2. The first-order valence-electron chi connectivity index (χ1n) is 11.4. The van der Waals surface area contributed by atoms with Crippen LogP contribution in [-0.4, -0.2) is 61.7 Å². The van der Waals surface area contributed by atoms with Crippen LogP contribution in [0.5, 0.6) is 5.75 Å². The molecule has 3 heterocycles. The number of benzene rings is 1. The van der Waals surface area contributed by atoms with E-state index in [1.165, 1.54) is 23.8 Å². The smallest absolute Gasteiger partial charge is 0.303 e. The first-order valence-corrected chi connectivity index (χ1v) is 12.8. The highest BCUT2D eigenvalue weighted by Gasteiger charge is 2.31. The number of nitrogens with one attached hydrogen (secondary N) is 1. The Labute approximate surface area is 206 Å². The number of hydrogen-bond acceptors (Lipinski definition) is 6. The Hall–Kier alpha value is -3.32. The summed E-state index contributed by atoms with van der Waals surface area (Å²) in [7, 11) is -2.68. The van der Waals surface area contributed by atoms with Gasteiger partial charge in [-0.2, -0.15) is 17.8 Å². The number of fused-ring (bicyclic) bond motifs is 1. The van der Waals surface area contributed by atoms with E-state index in [4.69, 9.17) is 4.74 Å². The van der Waals surface area contributed by atoms with Crippen molar-refractivity contribution < 1.29 is 31.1 Å². The van der Waals surface area contributed by atoms with E-state index in [1.54, 1.807) is 25.3 Å². The highest BCUT2D eigenvalue weighted by Crippen LogP contribution is 2.41. The van der Waals surface area contributed by atoms with Crippen LogP contribution in [0.1, 0.15) is 41.7 Å². The topological polar surface area (TPSA) is 96.2 Å². The van der Waals surface area contributed by atoms with E-state index in [1.807, 2.05) is 9.62 Å². The molecule has 1 aromatic carbocycles. The fourth-order valence-corrected chi connectivity index (χ4v) is 5.10. The van der Waals surface area contributed by atoms with E-state index in [0.717, 1.165) is 4.31 Å². The van der Waals surface area contributed by atoms with E-state index in [2.05, 4.69) is 5.10 Å². The van der Waals surface area contributed by atoms with Gasteiger partial charge in [0.25, 0.3) is 5.91 Å². The number of amides is 1. The molecule has 1 fully saturated rings. The number of rotatable bonds is 9. The fraction of sp³-hybridized carbons (Fsp3) is 0.391. The summed E-state index contributed by atoms with van der Waals surface area (Å²) in [6.45, 7) is 1.18. The molecule has 1 saturated heterocycles. The van der Waals surface area contributed by atoms with Crippen LogP contribution in [0.15, 0.2) is 36.7 Å². The molecule has 0 aliphatic carbocycles. The van der Waals surface area contributed by atoms with Gasteiger partial charge in [0.1, 0.15) is 19.1 Å². The first-order chi connectivity index (χ1) is 17.2. The Morgan fingerprint density at radius 1 is 1.31 bits per heavy atom.